The topological polar surface area (TPSA) is 79.7 Å². The highest BCUT2D eigenvalue weighted by Crippen LogP contribution is 2.24. The Morgan fingerprint density at radius 2 is 2.12 bits per heavy atom. The van der Waals surface area contributed by atoms with Crippen LogP contribution in [0.2, 0.25) is 0 Å². The molecule has 0 saturated carbocycles. The van der Waals surface area contributed by atoms with Crippen LogP contribution < -0.4 is 0 Å². The molecular weight excluding hydrogens is 320 g/mol. The quantitative estimate of drug-likeness (QED) is 0.924. The van der Waals surface area contributed by atoms with E-state index in [2.05, 4.69) is 4.98 Å². The summed E-state index contributed by atoms with van der Waals surface area (Å²) in [6, 6.07) is 9.46. The van der Waals surface area contributed by atoms with E-state index >= 15 is 0 Å². The molecule has 6 heteroatoms. The Balaban J connectivity index is 1.94. The Morgan fingerprint density at radius 1 is 1.36 bits per heavy atom. The number of nitrogens with zero attached hydrogens (tertiary/aromatic N) is 2. The number of amides is 1. The number of morpholine rings is 1. The summed E-state index contributed by atoms with van der Waals surface area (Å²) in [6.45, 7) is 5.19. The number of carbonyl (C=O) groups is 2. The highest BCUT2D eigenvalue weighted by molar-refractivity contribution is 6.06. The van der Waals surface area contributed by atoms with Crippen LogP contribution >= 0.6 is 0 Å². The van der Waals surface area contributed by atoms with Gasteiger partial charge >= 0.3 is 5.97 Å². The van der Waals surface area contributed by atoms with Crippen LogP contribution in [-0.4, -0.2) is 52.7 Å². The fourth-order valence-corrected chi connectivity index (χ4v) is 3.06. The summed E-state index contributed by atoms with van der Waals surface area (Å²) >= 11 is 0. The second-order valence-electron chi connectivity index (χ2n) is 6.61. The molecular formula is C19H22N2O4. The predicted molar refractivity (Wildman–Crippen MR) is 93.7 cm³/mol. The van der Waals surface area contributed by atoms with Crippen LogP contribution in [0.25, 0.3) is 10.9 Å². The molecule has 1 N–H and O–H groups in total. The lowest BCUT2D eigenvalue weighted by atomic mass is 10.0. The van der Waals surface area contributed by atoms with Crippen LogP contribution in [0.4, 0.5) is 0 Å². The molecule has 0 spiro atoms. The van der Waals surface area contributed by atoms with Crippen molar-refractivity contribution in [3.05, 3.63) is 41.6 Å². The van der Waals surface area contributed by atoms with Crippen LogP contribution in [-0.2, 0) is 9.53 Å². The van der Waals surface area contributed by atoms with Crippen molar-refractivity contribution >= 4 is 22.8 Å². The predicted octanol–water partition coefficient (Wildman–Crippen LogP) is 2.67. The highest BCUT2D eigenvalue weighted by atomic mass is 16.5. The summed E-state index contributed by atoms with van der Waals surface area (Å²) < 4.78 is 5.47. The molecule has 1 fully saturated rings. The van der Waals surface area contributed by atoms with E-state index in [1.54, 1.807) is 4.90 Å². The summed E-state index contributed by atoms with van der Waals surface area (Å²) in [4.78, 5) is 30.4. The summed E-state index contributed by atoms with van der Waals surface area (Å²) in [5.74, 6) is -0.810. The maximum atomic E-state index is 13.1. The van der Waals surface area contributed by atoms with Crippen molar-refractivity contribution in [3.8, 4) is 0 Å². The van der Waals surface area contributed by atoms with Crippen molar-refractivity contribution in [3.63, 3.8) is 0 Å². The van der Waals surface area contributed by atoms with Crippen LogP contribution in [0.3, 0.4) is 0 Å². The number of carboxylic acid groups (broad SMARTS) is 1. The molecule has 25 heavy (non-hydrogen) atoms. The van der Waals surface area contributed by atoms with Gasteiger partial charge in [0.15, 0.2) is 0 Å². The number of aromatic nitrogens is 1. The molecule has 1 unspecified atom stereocenters. The lowest BCUT2D eigenvalue weighted by Crippen LogP contribution is -2.46. The van der Waals surface area contributed by atoms with Gasteiger partial charge in [0.1, 0.15) is 0 Å². The monoisotopic (exact) mass is 342 g/mol. The van der Waals surface area contributed by atoms with Gasteiger partial charge in [0, 0.05) is 24.2 Å². The molecule has 1 saturated heterocycles. The molecule has 2 aromatic rings. The molecule has 1 aliphatic heterocycles. The zero-order valence-corrected chi connectivity index (χ0v) is 14.4. The van der Waals surface area contributed by atoms with Gasteiger partial charge in [-0.15, -0.1) is 0 Å². The van der Waals surface area contributed by atoms with Gasteiger partial charge in [0.2, 0.25) is 0 Å². The van der Waals surface area contributed by atoms with Gasteiger partial charge in [0.05, 0.1) is 30.2 Å². The Morgan fingerprint density at radius 3 is 2.84 bits per heavy atom. The molecule has 0 radical (unpaired) electrons. The standard InChI is InChI=1S/C19H22N2O4/c1-12(2)17-10-15(14-5-3-4-6-16(14)20-17)19(24)21-7-8-25-13(11-21)9-18(22)23/h3-6,10,12-13H,7-9,11H2,1-2H3,(H,22,23). The SMILES string of the molecule is CC(C)c1cc(C(=O)N2CCOC(CC(=O)O)C2)c2ccccc2n1. The minimum absolute atomic E-state index is 0.0980. The van der Waals surface area contributed by atoms with E-state index in [1.165, 1.54) is 0 Å². The van der Waals surface area contributed by atoms with E-state index in [0.29, 0.717) is 25.3 Å². The highest BCUT2D eigenvalue weighted by Gasteiger charge is 2.28. The number of hydrogen-bond donors (Lipinski definition) is 1. The summed E-state index contributed by atoms with van der Waals surface area (Å²) in [6.07, 6.45) is -0.564. The van der Waals surface area contributed by atoms with E-state index in [1.807, 2.05) is 44.2 Å². The first-order valence-electron chi connectivity index (χ1n) is 8.48. The van der Waals surface area contributed by atoms with Crippen LogP contribution in [0.15, 0.2) is 30.3 Å². The number of carbonyl (C=O) groups excluding carboxylic acids is 1. The normalized spacial score (nSPS) is 17.9. The number of hydrogen-bond acceptors (Lipinski definition) is 4. The largest absolute Gasteiger partial charge is 0.481 e. The number of fused-ring (bicyclic) bond motifs is 1. The molecule has 1 aliphatic rings. The minimum Gasteiger partial charge on any atom is -0.481 e. The van der Waals surface area contributed by atoms with E-state index in [4.69, 9.17) is 9.84 Å². The lowest BCUT2D eigenvalue weighted by Gasteiger charge is -2.32. The number of pyridine rings is 1. The third-order valence-electron chi connectivity index (χ3n) is 4.39. The van der Waals surface area contributed by atoms with E-state index in [-0.39, 0.29) is 18.2 Å². The second kappa shape index (κ2) is 7.19. The fraction of sp³-hybridized carbons (Fsp3) is 0.421. The first kappa shape index (κ1) is 17.4. The van der Waals surface area contributed by atoms with Gasteiger partial charge in [-0.25, -0.2) is 0 Å². The van der Waals surface area contributed by atoms with Crippen molar-refractivity contribution in [1.29, 1.82) is 0 Å². The summed E-state index contributed by atoms with van der Waals surface area (Å²) in [7, 11) is 0. The maximum Gasteiger partial charge on any atom is 0.306 e. The first-order chi connectivity index (χ1) is 12.0. The molecule has 132 valence electrons. The molecule has 0 aliphatic carbocycles. The average molecular weight is 342 g/mol. The third kappa shape index (κ3) is 3.79. The average Bonchev–Trinajstić information content (AvgIpc) is 2.59. The smallest absolute Gasteiger partial charge is 0.306 e. The summed E-state index contributed by atoms with van der Waals surface area (Å²) in [5.41, 5.74) is 2.29. The maximum absolute atomic E-state index is 13.1. The number of ether oxygens (including phenoxy) is 1. The number of benzene rings is 1. The first-order valence-corrected chi connectivity index (χ1v) is 8.48. The van der Waals surface area contributed by atoms with Crippen LogP contribution in [0.5, 0.6) is 0 Å². The number of aliphatic carboxylic acids is 1. The minimum atomic E-state index is -0.921. The van der Waals surface area contributed by atoms with Crippen molar-refractivity contribution in [2.45, 2.75) is 32.3 Å². The van der Waals surface area contributed by atoms with Crippen molar-refractivity contribution in [2.75, 3.05) is 19.7 Å². The third-order valence-corrected chi connectivity index (χ3v) is 4.39. The van der Waals surface area contributed by atoms with Gasteiger partial charge in [-0.2, -0.15) is 0 Å². The molecule has 1 aromatic carbocycles. The second-order valence-corrected chi connectivity index (χ2v) is 6.61. The fourth-order valence-electron chi connectivity index (χ4n) is 3.06. The van der Waals surface area contributed by atoms with Crippen LogP contribution in [0.1, 0.15) is 42.2 Å². The van der Waals surface area contributed by atoms with Gasteiger partial charge < -0.3 is 14.7 Å². The Kier molecular flexibility index (Phi) is 4.99. The van der Waals surface area contributed by atoms with Crippen molar-refractivity contribution in [2.24, 2.45) is 0 Å². The van der Waals surface area contributed by atoms with Gasteiger partial charge in [-0.05, 0) is 18.1 Å². The summed E-state index contributed by atoms with van der Waals surface area (Å²) in [5, 5.41) is 9.77. The Bertz CT molecular complexity index is 803. The number of para-hydroxylation sites is 1. The van der Waals surface area contributed by atoms with E-state index in [0.717, 1.165) is 16.6 Å². The molecule has 3 rings (SSSR count). The molecule has 1 aromatic heterocycles. The number of rotatable bonds is 4. The van der Waals surface area contributed by atoms with E-state index in [9.17, 15) is 9.59 Å². The van der Waals surface area contributed by atoms with Gasteiger partial charge in [0.25, 0.3) is 5.91 Å². The number of carboxylic acids is 1. The molecule has 2 heterocycles. The van der Waals surface area contributed by atoms with Gasteiger partial charge in [-0.1, -0.05) is 32.0 Å². The van der Waals surface area contributed by atoms with E-state index < -0.39 is 12.1 Å². The molecule has 1 atom stereocenters. The van der Waals surface area contributed by atoms with Crippen molar-refractivity contribution in [1.82, 2.24) is 9.88 Å². The Labute approximate surface area is 146 Å². The molecule has 1 amide bonds. The zero-order valence-electron chi connectivity index (χ0n) is 14.4. The molecule has 6 nitrogen and oxygen atoms in total. The molecule has 0 bridgehead atoms. The zero-order chi connectivity index (χ0) is 18.0. The van der Waals surface area contributed by atoms with Gasteiger partial charge in [-0.3, -0.25) is 14.6 Å². The van der Waals surface area contributed by atoms with Crippen molar-refractivity contribution < 1.29 is 19.4 Å². The Hall–Kier alpha value is -2.47. The lowest BCUT2D eigenvalue weighted by molar-refractivity contribution is -0.141. The van der Waals surface area contributed by atoms with Crippen LogP contribution in [0, 0.1) is 0 Å².